The van der Waals surface area contributed by atoms with Gasteiger partial charge in [-0.15, -0.1) is 0 Å². The third-order valence-electron chi connectivity index (χ3n) is 5.62. The van der Waals surface area contributed by atoms with Crippen LogP contribution in [0.4, 0.5) is 0 Å². The molecule has 0 spiro atoms. The Balaban J connectivity index is 1.89. The van der Waals surface area contributed by atoms with E-state index in [2.05, 4.69) is 25.8 Å². The maximum absolute atomic E-state index is 12.7. The number of hydrogen-bond donors (Lipinski definition) is 2. The summed E-state index contributed by atoms with van der Waals surface area (Å²) in [6.07, 6.45) is 3.25. The fourth-order valence-corrected chi connectivity index (χ4v) is 4.23. The third-order valence-corrected chi connectivity index (χ3v) is 5.62. The van der Waals surface area contributed by atoms with Gasteiger partial charge in [-0.1, -0.05) is 20.8 Å². The van der Waals surface area contributed by atoms with Gasteiger partial charge in [-0.25, -0.2) is 0 Å². The molecule has 1 aromatic heterocycles. The topological polar surface area (TPSA) is 74.7 Å². The lowest BCUT2D eigenvalue weighted by Crippen LogP contribution is -2.33. The van der Waals surface area contributed by atoms with Gasteiger partial charge in [-0.05, 0) is 55.4 Å². The van der Waals surface area contributed by atoms with Gasteiger partial charge in [0.2, 0.25) is 0 Å². The zero-order chi connectivity index (χ0) is 21.2. The van der Waals surface area contributed by atoms with E-state index in [4.69, 9.17) is 9.73 Å². The van der Waals surface area contributed by atoms with Crippen LogP contribution in [0.25, 0.3) is 10.9 Å². The number of aromatic nitrogens is 1. The SMILES string of the molecule is CCC/C(O)=C1\C(=O)CC(C)(C)CC1=NCCc1c(C)[nH]c2ccc(OC)cc12. The summed E-state index contributed by atoms with van der Waals surface area (Å²) in [5.74, 6) is 1.04. The number of aromatic amines is 1. The average molecular weight is 397 g/mol. The highest BCUT2D eigenvalue weighted by molar-refractivity contribution is 6.24. The van der Waals surface area contributed by atoms with E-state index >= 15 is 0 Å². The van der Waals surface area contributed by atoms with Crippen molar-refractivity contribution < 1.29 is 14.6 Å². The van der Waals surface area contributed by atoms with Crippen LogP contribution in [0.1, 0.15) is 57.7 Å². The van der Waals surface area contributed by atoms with Crippen LogP contribution in [-0.2, 0) is 11.2 Å². The highest BCUT2D eigenvalue weighted by Gasteiger charge is 2.35. The lowest BCUT2D eigenvalue weighted by atomic mass is 9.73. The number of benzene rings is 1. The number of aliphatic imine (C=N–C) groups is 1. The number of allylic oxidation sites excluding steroid dienone is 2. The molecule has 3 rings (SSSR count). The molecular weight excluding hydrogens is 364 g/mol. The van der Waals surface area contributed by atoms with Crippen LogP contribution in [-0.4, -0.2) is 35.2 Å². The monoisotopic (exact) mass is 396 g/mol. The summed E-state index contributed by atoms with van der Waals surface area (Å²) in [4.78, 5) is 20.9. The van der Waals surface area contributed by atoms with Crippen molar-refractivity contribution in [1.29, 1.82) is 0 Å². The fraction of sp³-hybridized carbons (Fsp3) is 0.500. The summed E-state index contributed by atoms with van der Waals surface area (Å²) in [6.45, 7) is 8.82. The van der Waals surface area contributed by atoms with Crippen molar-refractivity contribution in [3.63, 3.8) is 0 Å². The van der Waals surface area contributed by atoms with Gasteiger partial charge < -0.3 is 14.8 Å². The second-order valence-corrected chi connectivity index (χ2v) is 8.73. The van der Waals surface area contributed by atoms with Gasteiger partial charge in [-0.2, -0.15) is 0 Å². The number of fused-ring (bicyclic) bond motifs is 1. The highest BCUT2D eigenvalue weighted by atomic mass is 16.5. The zero-order valence-electron chi connectivity index (χ0n) is 18.2. The molecule has 1 aromatic carbocycles. The largest absolute Gasteiger partial charge is 0.511 e. The summed E-state index contributed by atoms with van der Waals surface area (Å²) in [5, 5.41) is 11.6. The predicted octanol–water partition coefficient (Wildman–Crippen LogP) is 5.47. The number of rotatable bonds is 6. The average Bonchev–Trinajstić information content (AvgIpc) is 2.95. The van der Waals surface area contributed by atoms with Crippen molar-refractivity contribution in [1.82, 2.24) is 4.98 Å². The first-order valence-electron chi connectivity index (χ1n) is 10.4. The van der Waals surface area contributed by atoms with Gasteiger partial charge >= 0.3 is 0 Å². The number of H-pyrrole nitrogens is 1. The van der Waals surface area contributed by atoms with Gasteiger partial charge in [0, 0.05) is 41.7 Å². The molecule has 0 aliphatic heterocycles. The van der Waals surface area contributed by atoms with Crippen molar-refractivity contribution in [2.24, 2.45) is 10.4 Å². The summed E-state index contributed by atoms with van der Waals surface area (Å²) < 4.78 is 5.37. The minimum absolute atomic E-state index is 0.0129. The van der Waals surface area contributed by atoms with Gasteiger partial charge in [-0.3, -0.25) is 9.79 Å². The zero-order valence-corrected chi connectivity index (χ0v) is 18.2. The van der Waals surface area contributed by atoms with Crippen LogP contribution in [0.2, 0.25) is 0 Å². The lowest BCUT2D eigenvalue weighted by Gasteiger charge is -2.31. The van der Waals surface area contributed by atoms with Crippen LogP contribution in [0.15, 0.2) is 34.5 Å². The smallest absolute Gasteiger partial charge is 0.168 e. The number of ketones is 1. The Hall–Kier alpha value is -2.56. The van der Waals surface area contributed by atoms with Crippen LogP contribution in [0.3, 0.4) is 0 Å². The maximum atomic E-state index is 12.7. The molecule has 0 saturated heterocycles. The maximum Gasteiger partial charge on any atom is 0.168 e. The highest BCUT2D eigenvalue weighted by Crippen LogP contribution is 2.36. The van der Waals surface area contributed by atoms with Crippen LogP contribution in [0, 0.1) is 12.3 Å². The molecule has 1 aliphatic carbocycles. The molecule has 1 heterocycles. The number of ether oxygens (including phenoxy) is 1. The molecular formula is C24H32N2O3. The predicted molar refractivity (Wildman–Crippen MR) is 118 cm³/mol. The number of nitrogens with one attached hydrogen (secondary N) is 1. The van der Waals surface area contributed by atoms with Gasteiger partial charge in [0.1, 0.15) is 11.5 Å². The number of carbonyl (C=O) groups excluding carboxylic acids is 1. The normalized spacial score (nSPS) is 19.8. The van der Waals surface area contributed by atoms with Crippen LogP contribution in [0.5, 0.6) is 5.75 Å². The Kier molecular flexibility index (Phi) is 6.15. The Labute approximate surface area is 172 Å². The Morgan fingerprint density at radius 1 is 1.31 bits per heavy atom. The van der Waals surface area contributed by atoms with E-state index in [0.29, 0.717) is 31.4 Å². The van der Waals surface area contributed by atoms with E-state index in [1.165, 1.54) is 5.56 Å². The van der Waals surface area contributed by atoms with Gasteiger partial charge in [0.15, 0.2) is 5.78 Å². The Morgan fingerprint density at radius 2 is 2.07 bits per heavy atom. The van der Waals surface area contributed by atoms with E-state index in [1.807, 2.05) is 25.1 Å². The molecule has 0 atom stereocenters. The first-order chi connectivity index (χ1) is 13.8. The Bertz CT molecular complexity index is 979. The summed E-state index contributed by atoms with van der Waals surface area (Å²) >= 11 is 0. The number of Topliss-reactive ketones (excluding diaryl/α,β-unsaturated/α-hetero) is 1. The standard InChI is InChI=1S/C24H32N2O3/c1-6-7-21(27)23-20(13-24(3,4)14-22(23)28)25-11-10-17-15(2)26-19-9-8-16(29-5)12-18(17)19/h8-9,12,26-27H,6-7,10-11,13-14H2,1-5H3/b23-21+,25-20?. The number of aliphatic hydroxyl groups is 1. The minimum Gasteiger partial charge on any atom is -0.511 e. The number of hydrogen-bond acceptors (Lipinski definition) is 4. The molecule has 0 amide bonds. The first kappa shape index (κ1) is 21.2. The third kappa shape index (κ3) is 4.55. The first-order valence-corrected chi connectivity index (χ1v) is 10.4. The molecule has 0 bridgehead atoms. The molecule has 0 radical (unpaired) electrons. The van der Waals surface area contributed by atoms with Crippen molar-refractivity contribution in [2.75, 3.05) is 13.7 Å². The number of aliphatic hydroxyl groups excluding tert-OH is 1. The van der Waals surface area contributed by atoms with E-state index < -0.39 is 0 Å². The van der Waals surface area contributed by atoms with Crippen molar-refractivity contribution >= 4 is 22.4 Å². The molecule has 1 fully saturated rings. The molecule has 1 saturated carbocycles. The molecule has 1 aliphatic rings. The second-order valence-electron chi connectivity index (χ2n) is 8.73. The molecule has 2 aromatic rings. The minimum atomic E-state index is -0.129. The molecule has 5 heteroatoms. The van der Waals surface area contributed by atoms with Crippen molar-refractivity contribution in [2.45, 2.75) is 59.8 Å². The fourth-order valence-electron chi connectivity index (χ4n) is 4.23. The molecule has 156 valence electrons. The Morgan fingerprint density at radius 3 is 2.76 bits per heavy atom. The summed E-state index contributed by atoms with van der Waals surface area (Å²) in [6, 6.07) is 6.03. The van der Waals surface area contributed by atoms with Crippen molar-refractivity contribution in [3.8, 4) is 5.75 Å². The molecule has 0 unspecified atom stereocenters. The number of carbonyl (C=O) groups is 1. The van der Waals surface area contributed by atoms with Gasteiger partial charge in [0.25, 0.3) is 0 Å². The summed E-state index contributed by atoms with van der Waals surface area (Å²) in [5.41, 5.74) is 4.51. The molecule has 29 heavy (non-hydrogen) atoms. The second kappa shape index (κ2) is 8.44. The van der Waals surface area contributed by atoms with E-state index in [0.717, 1.165) is 40.9 Å². The number of aryl methyl sites for hydroxylation is 1. The molecule has 2 N–H and O–H groups in total. The summed E-state index contributed by atoms with van der Waals surface area (Å²) in [7, 11) is 1.67. The van der Waals surface area contributed by atoms with Crippen LogP contribution >= 0.6 is 0 Å². The number of methoxy groups -OCH3 is 1. The van der Waals surface area contributed by atoms with Crippen LogP contribution < -0.4 is 4.74 Å². The van der Waals surface area contributed by atoms with Crippen molar-refractivity contribution in [3.05, 3.63) is 40.8 Å². The quantitative estimate of drug-likeness (QED) is 0.502. The van der Waals surface area contributed by atoms with E-state index in [1.54, 1.807) is 7.11 Å². The molecule has 5 nitrogen and oxygen atoms in total. The van der Waals surface area contributed by atoms with E-state index in [-0.39, 0.29) is 17.0 Å². The lowest BCUT2D eigenvalue weighted by molar-refractivity contribution is -0.117. The van der Waals surface area contributed by atoms with Gasteiger partial charge in [0.05, 0.1) is 12.7 Å². The van der Waals surface area contributed by atoms with E-state index in [9.17, 15) is 9.90 Å². The number of nitrogens with zero attached hydrogens (tertiary/aromatic N) is 1.